The minimum absolute atomic E-state index is 0.0967. The van der Waals surface area contributed by atoms with Gasteiger partial charge in [0, 0.05) is 5.69 Å². The first-order valence-electron chi connectivity index (χ1n) is 5.53. The minimum Gasteiger partial charge on any atom is -0.397 e. The summed E-state index contributed by atoms with van der Waals surface area (Å²) < 4.78 is 13.2. The second-order valence-corrected chi connectivity index (χ2v) is 3.95. The third-order valence-corrected chi connectivity index (χ3v) is 2.56. The number of halogens is 1. The summed E-state index contributed by atoms with van der Waals surface area (Å²) in [6.45, 7) is 0. The fraction of sp³-hybridized carbons (Fsp3) is 0. The summed E-state index contributed by atoms with van der Waals surface area (Å²) in [7, 11) is 0. The summed E-state index contributed by atoms with van der Waals surface area (Å²) in [5.74, 6) is -0.977. The Bertz CT molecular complexity index is 723. The van der Waals surface area contributed by atoms with Crippen molar-refractivity contribution in [3.63, 3.8) is 0 Å². The minimum atomic E-state index is -0.676. The molecule has 20 heavy (non-hydrogen) atoms. The first-order chi connectivity index (χ1) is 9.51. The molecule has 0 aliphatic heterocycles. The van der Waals surface area contributed by atoms with E-state index in [4.69, 9.17) is 16.7 Å². The number of pyridine rings is 1. The molecule has 0 radical (unpaired) electrons. The normalized spacial score (nSPS) is 9.80. The first-order valence-corrected chi connectivity index (χ1v) is 5.53. The van der Waals surface area contributed by atoms with Crippen LogP contribution in [0.1, 0.15) is 15.9 Å². The first kappa shape index (κ1) is 13.3. The van der Waals surface area contributed by atoms with E-state index in [0.29, 0.717) is 11.5 Å². The van der Waals surface area contributed by atoms with Gasteiger partial charge < -0.3 is 16.8 Å². The summed E-state index contributed by atoms with van der Waals surface area (Å²) >= 11 is 0. The van der Waals surface area contributed by atoms with Gasteiger partial charge in [0.05, 0.1) is 23.0 Å². The number of primary amides is 1. The molecular formula is C13H10FN5O. The van der Waals surface area contributed by atoms with Crippen LogP contribution in [0.5, 0.6) is 0 Å². The Labute approximate surface area is 113 Å². The SMILES string of the molecule is N#Cc1cc(Nc2cc(C(N)=O)c(N)cn2)ccc1F. The molecule has 5 N–H and O–H groups in total. The van der Waals surface area contributed by atoms with Crippen molar-refractivity contribution in [2.75, 3.05) is 11.1 Å². The highest BCUT2D eigenvalue weighted by atomic mass is 19.1. The number of hydrogen-bond acceptors (Lipinski definition) is 5. The quantitative estimate of drug-likeness (QED) is 0.782. The van der Waals surface area contributed by atoms with Crippen LogP contribution in [0.2, 0.25) is 0 Å². The molecule has 7 heteroatoms. The molecule has 1 amide bonds. The molecule has 0 unspecified atom stereocenters. The largest absolute Gasteiger partial charge is 0.397 e. The summed E-state index contributed by atoms with van der Waals surface area (Å²) in [5.41, 5.74) is 11.4. The highest BCUT2D eigenvalue weighted by molar-refractivity contribution is 5.98. The number of nitrogen functional groups attached to an aromatic ring is 1. The molecule has 0 saturated heterocycles. The van der Waals surface area contributed by atoms with Crippen LogP contribution in [0, 0.1) is 17.1 Å². The van der Waals surface area contributed by atoms with Gasteiger partial charge in [-0.1, -0.05) is 0 Å². The van der Waals surface area contributed by atoms with E-state index >= 15 is 0 Å². The Kier molecular flexibility index (Phi) is 3.48. The zero-order valence-corrected chi connectivity index (χ0v) is 10.2. The molecule has 0 aliphatic rings. The van der Waals surface area contributed by atoms with Gasteiger partial charge in [-0.05, 0) is 24.3 Å². The average molecular weight is 271 g/mol. The monoisotopic (exact) mass is 271 g/mol. The predicted molar refractivity (Wildman–Crippen MR) is 71.6 cm³/mol. The molecule has 6 nitrogen and oxygen atoms in total. The van der Waals surface area contributed by atoms with E-state index in [9.17, 15) is 9.18 Å². The number of aromatic nitrogens is 1. The second kappa shape index (κ2) is 5.24. The molecule has 0 atom stereocenters. The molecule has 1 heterocycles. The van der Waals surface area contributed by atoms with Crippen molar-refractivity contribution in [2.24, 2.45) is 5.73 Å². The Morgan fingerprint density at radius 3 is 2.80 bits per heavy atom. The lowest BCUT2D eigenvalue weighted by Gasteiger charge is -2.08. The number of nitriles is 1. The van der Waals surface area contributed by atoms with Crippen molar-refractivity contribution in [1.29, 1.82) is 5.26 Å². The Morgan fingerprint density at radius 1 is 1.40 bits per heavy atom. The number of anilines is 3. The summed E-state index contributed by atoms with van der Waals surface area (Å²) in [4.78, 5) is 15.1. The van der Waals surface area contributed by atoms with Gasteiger partial charge in [-0.25, -0.2) is 9.37 Å². The molecule has 0 aliphatic carbocycles. The lowest BCUT2D eigenvalue weighted by molar-refractivity contribution is 0.100. The van der Waals surface area contributed by atoms with E-state index in [2.05, 4.69) is 10.3 Å². The number of nitrogens with zero attached hydrogens (tertiary/aromatic N) is 2. The van der Waals surface area contributed by atoms with Gasteiger partial charge in [-0.2, -0.15) is 5.26 Å². The van der Waals surface area contributed by atoms with Crippen molar-refractivity contribution in [3.05, 3.63) is 47.4 Å². The van der Waals surface area contributed by atoms with Crippen LogP contribution >= 0.6 is 0 Å². The van der Waals surface area contributed by atoms with Gasteiger partial charge in [-0.15, -0.1) is 0 Å². The number of amides is 1. The molecule has 100 valence electrons. The molecule has 0 saturated carbocycles. The fourth-order valence-electron chi connectivity index (χ4n) is 1.58. The Balaban J connectivity index is 2.33. The van der Waals surface area contributed by atoms with Gasteiger partial charge in [-0.3, -0.25) is 4.79 Å². The molecule has 1 aromatic carbocycles. The van der Waals surface area contributed by atoms with Gasteiger partial charge >= 0.3 is 0 Å². The molecule has 1 aromatic heterocycles. The van der Waals surface area contributed by atoms with Crippen molar-refractivity contribution < 1.29 is 9.18 Å². The number of rotatable bonds is 3. The van der Waals surface area contributed by atoms with Gasteiger partial charge in [0.2, 0.25) is 0 Å². The topological polar surface area (TPSA) is 118 Å². The van der Waals surface area contributed by atoms with E-state index in [1.807, 2.05) is 0 Å². The zero-order valence-electron chi connectivity index (χ0n) is 10.2. The summed E-state index contributed by atoms with van der Waals surface area (Å²) in [6.07, 6.45) is 1.29. The molecule has 0 spiro atoms. The molecule has 2 aromatic rings. The van der Waals surface area contributed by atoms with Crippen LogP contribution in [-0.2, 0) is 0 Å². The van der Waals surface area contributed by atoms with E-state index in [0.717, 1.165) is 6.07 Å². The standard InChI is InChI=1S/C13H10FN5O/c14-10-2-1-8(3-7(10)5-15)19-12-4-9(13(17)20)11(16)6-18-12/h1-4,6H,16H2,(H2,17,20)(H,18,19). The number of nitrogens with two attached hydrogens (primary N) is 2. The zero-order chi connectivity index (χ0) is 14.7. The molecular weight excluding hydrogens is 261 g/mol. The van der Waals surface area contributed by atoms with Gasteiger partial charge in [0.1, 0.15) is 17.7 Å². The van der Waals surface area contributed by atoms with Crippen molar-refractivity contribution in [3.8, 4) is 6.07 Å². The molecule has 0 bridgehead atoms. The Morgan fingerprint density at radius 2 is 2.15 bits per heavy atom. The number of carbonyl (C=O) groups excluding carboxylic acids is 1. The lowest BCUT2D eigenvalue weighted by Crippen LogP contribution is -2.14. The van der Waals surface area contributed by atoms with Crippen LogP contribution in [0.15, 0.2) is 30.5 Å². The number of nitrogens with one attached hydrogen (secondary N) is 1. The van der Waals surface area contributed by atoms with E-state index in [1.165, 1.54) is 24.4 Å². The summed E-state index contributed by atoms with van der Waals surface area (Å²) in [5, 5.41) is 11.6. The smallest absolute Gasteiger partial charge is 0.250 e. The van der Waals surface area contributed by atoms with Crippen molar-refractivity contribution >= 4 is 23.1 Å². The van der Waals surface area contributed by atoms with Crippen LogP contribution in [0.3, 0.4) is 0 Å². The maximum atomic E-state index is 13.2. The summed E-state index contributed by atoms with van der Waals surface area (Å²) in [6, 6.07) is 7.05. The van der Waals surface area contributed by atoms with Crippen LogP contribution in [0.4, 0.5) is 21.6 Å². The highest BCUT2D eigenvalue weighted by Gasteiger charge is 2.09. The maximum absolute atomic E-state index is 13.2. The van der Waals surface area contributed by atoms with Crippen molar-refractivity contribution in [1.82, 2.24) is 4.98 Å². The predicted octanol–water partition coefficient (Wildman–Crippen LogP) is 1.52. The van der Waals surface area contributed by atoms with E-state index in [1.54, 1.807) is 6.07 Å². The third-order valence-electron chi connectivity index (χ3n) is 2.56. The molecule has 2 rings (SSSR count). The van der Waals surface area contributed by atoms with Crippen molar-refractivity contribution in [2.45, 2.75) is 0 Å². The maximum Gasteiger partial charge on any atom is 0.250 e. The van der Waals surface area contributed by atoms with Gasteiger partial charge in [0.25, 0.3) is 5.91 Å². The Hall–Kier alpha value is -3.14. The van der Waals surface area contributed by atoms with E-state index in [-0.39, 0.29) is 16.8 Å². The number of benzene rings is 1. The van der Waals surface area contributed by atoms with Crippen LogP contribution in [0.25, 0.3) is 0 Å². The number of carbonyl (C=O) groups is 1. The molecule has 0 fully saturated rings. The highest BCUT2D eigenvalue weighted by Crippen LogP contribution is 2.20. The van der Waals surface area contributed by atoms with Crippen LogP contribution in [-0.4, -0.2) is 10.9 Å². The average Bonchev–Trinajstić information content (AvgIpc) is 2.42. The lowest BCUT2D eigenvalue weighted by atomic mass is 10.2. The fourth-order valence-corrected chi connectivity index (χ4v) is 1.58. The second-order valence-electron chi connectivity index (χ2n) is 3.95. The van der Waals surface area contributed by atoms with Gasteiger partial charge in [0.15, 0.2) is 0 Å². The number of hydrogen-bond donors (Lipinski definition) is 3. The van der Waals surface area contributed by atoms with Crippen LogP contribution < -0.4 is 16.8 Å². The van der Waals surface area contributed by atoms with E-state index < -0.39 is 11.7 Å². The third kappa shape index (κ3) is 2.64.